The summed E-state index contributed by atoms with van der Waals surface area (Å²) in [6, 6.07) is 3.51. The van der Waals surface area contributed by atoms with E-state index in [0.717, 1.165) is 4.70 Å². The first-order chi connectivity index (χ1) is 12.0. The van der Waals surface area contributed by atoms with Gasteiger partial charge in [0, 0.05) is 18.4 Å². The Bertz CT molecular complexity index is 761. The van der Waals surface area contributed by atoms with Crippen molar-refractivity contribution in [3.8, 4) is 11.6 Å². The molecule has 0 N–H and O–H groups in total. The first kappa shape index (κ1) is 19.5. The van der Waals surface area contributed by atoms with Crippen LogP contribution in [0.5, 0.6) is 11.6 Å². The zero-order valence-corrected chi connectivity index (χ0v) is 15.9. The molecule has 25 heavy (non-hydrogen) atoms. The van der Waals surface area contributed by atoms with Crippen molar-refractivity contribution in [2.75, 3.05) is 26.7 Å². The van der Waals surface area contributed by atoms with E-state index in [1.54, 1.807) is 19.1 Å². The molecular weight excluding hydrogens is 366 g/mol. The number of aromatic nitrogens is 1. The minimum absolute atomic E-state index is 0.0930. The molecule has 0 radical (unpaired) electrons. The third-order valence-corrected chi connectivity index (χ3v) is 4.91. The van der Waals surface area contributed by atoms with Gasteiger partial charge in [-0.15, -0.1) is 22.9 Å². The Morgan fingerprint density at radius 3 is 2.72 bits per heavy atom. The fourth-order valence-corrected chi connectivity index (χ4v) is 3.31. The molecule has 0 aliphatic heterocycles. The van der Waals surface area contributed by atoms with Gasteiger partial charge in [0.1, 0.15) is 0 Å². The maximum atomic E-state index is 12.4. The van der Waals surface area contributed by atoms with E-state index in [0.29, 0.717) is 40.9 Å². The quantitative estimate of drug-likeness (QED) is 0.283. The lowest BCUT2D eigenvalue weighted by atomic mass is 10.0. The van der Waals surface area contributed by atoms with Gasteiger partial charge in [0.25, 0.3) is 5.88 Å². The summed E-state index contributed by atoms with van der Waals surface area (Å²) in [5, 5.41) is 0. The molecule has 1 unspecified atom stereocenters. The Morgan fingerprint density at radius 2 is 2.08 bits per heavy atom. The molecule has 0 saturated carbocycles. The average Bonchev–Trinajstić information content (AvgIpc) is 3.03. The van der Waals surface area contributed by atoms with Crippen LogP contribution in [0.25, 0.3) is 10.2 Å². The number of ketones is 1. The van der Waals surface area contributed by atoms with Crippen LogP contribution in [0.4, 0.5) is 0 Å². The highest BCUT2D eigenvalue weighted by Crippen LogP contribution is 2.34. The summed E-state index contributed by atoms with van der Waals surface area (Å²) in [6.07, 6.45) is 0.804. The number of hydrogen-bond donors (Lipinski definition) is 0. The lowest BCUT2D eigenvalue weighted by Gasteiger charge is -2.08. The molecule has 8 heteroatoms. The Balaban J connectivity index is 2.23. The predicted octanol–water partition coefficient (Wildman–Crippen LogP) is 3.69. The van der Waals surface area contributed by atoms with Crippen LogP contribution in [-0.4, -0.2) is 43.4 Å². The molecule has 2 aromatic rings. The van der Waals surface area contributed by atoms with Gasteiger partial charge in [0.15, 0.2) is 11.5 Å². The number of alkyl halides is 1. The molecule has 2 aromatic heterocycles. The van der Waals surface area contributed by atoms with Crippen LogP contribution in [-0.2, 0) is 9.53 Å². The largest absolute Gasteiger partial charge is 0.488 e. The van der Waals surface area contributed by atoms with Crippen molar-refractivity contribution in [3.05, 3.63) is 17.0 Å². The minimum atomic E-state index is -0.486. The molecule has 0 aliphatic rings. The predicted molar refractivity (Wildman–Crippen MR) is 97.1 cm³/mol. The van der Waals surface area contributed by atoms with E-state index in [9.17, 15) is 9.59 Å². The third-order valence-electron chi connectivity index (χ3n) is 3.53. The molecule has 0 amide bonds. The number of rotatable bonds is 9. The molecule has 2 rings (SSSR count). The number of hydrogen-bond acceptors (Lipinski definition) is 7. The van der Waals surface area contributed by atoms with Crippen molar-refractivity contribution in [2.24, 2.45) is 5.92 Å². The average molecular weight is 386 g/mol. The zero-order valence-electron chi connectivity index (χ0n) is 14.3. The summed E-state index contributed by atoms with van der Waals surface area (Å²) in [6.45, 7) is 2.13. The summed E-state index contributed by atoms with van der Waals surface area (Å²) < 4.78 is 16.4. The van der Waals surface area contributed by atoms with Crippen LogP contribution in [0, 0.1) is 5.92 Å². The highest BCUT2D eigenvalue weighted by Gasteiger charge is 2.21. The number of ether oxygens (including phenoxy) is 3. The number of halogens is 1. The number of pyridine rings is 1. The molecule has 2 heterocycles. The van der Waals surface area contributed by atoms with Crippen LogP contribution in [0.2, 0.25) is 0 Å². The number of Topliss-reactive ketones (excluding diaryl/α,β-unsaturated/α-hetero) is 1. The number of methoxy groups -OCH3 is 2. The second kappa shape index (κ2) is 9.01. The van der Waals surface area contributed by atoms with Gasteiger partial charge in [-0.2, -0.15) is 0 Å². The lowest BCUT2D eigenvalue weighted by molar-refractivity contribution is -0.144. The number of carbonyl (C=O) groups excluding carboxylic acids is 2. The van der Waals surface area contributed by atoms with E-state index < -0.39 is 11.9 Å². The summed E-state index contributed by atoms with van der Waals surface area (Å²) in [4.78, 5) is 28.8. The standard InChI is InChI=1S/C17H20ClNO5S/c1-10(17(21)23-3)7-12(20)15-8-11-14(25-15)9-13(16(19-11)22-2)24-6-4-5-18/h8-10H,4-7H2,1-3H3. The van der Waals surface area contributed by atoms with Crippen LogP contribution in [0.3, 0.4) is 0 Å². The van der Waals surface area contributed by atoms with Gasteiger partial charge < -0.3 is 14.2 Å². The zero-order chi connectivity index (χ0) is 18.4. The van der Waals surface area contributed by atoms with Crippen molar-refractivity contribution in [3.63, 3.8) is 0 Å². The normalized spacial score (nSPS) is 12.0. The van der Waals surface area contributed by atoms with Gasteiger partial charge in [-0.05, 0) is 12.5 Å². The van der Waals surface area contributed by atoms with Crippen LogP contribution in [0.15, 0.2) is 12.1 Å². The Labute approximate surface area is 155 Å². The van der Waals surface area contributed by atoms with Crippen molar-refractivity contribution < 1.29 is 23.8 Å². The number of carbonyl (C=O) groups is 2. The van der Waals surface area contributed by atoms with E-state index in [1.807, 2.05) is 0 Å². The van der Waals surface area contributed by atoms with E-state index in [4.69, 9.17) is 21.1 Å². The molecule has 1 atom stereocenters. The number of esters is 1. The number of fused-ring (bicyclic) bond motifs is 1. The van der Waals surface area contributed by atoms with Gasteiger partial charge in [-0.1, -0.05) is 6.92 Å². The maximum Gasteiger partial charge on any atom is 0.308 e. The van der Waals surface area contributed by atoms with Gasteiger partial charge in [-0.25, -0.2) is 4.98 Å². The van der Waals surface area contributed by atoms with E-state index in [2.05, 4.69) is 9.72 Å². The monoisotopic (exact) mass is 385 g/mol. The smallest absolute Gasteiger partial charge is 0.308 e. The van der Waals surface area contributed by atoms with Crippen molar-refractivity contribution in [1.82, 2.24) is 4.98 Å². The first-order valence-corrected chi connectivity index (χ1v) is 9.13. The van der Waals surface area contributed by atoms with Crippen molar-refractivity contribution in [2.45, 2.75) is 19.8 Å². The second-order valence-corrected chi connectivity index (χ2v) is 6.89. The van der Waals surface area contributed by atoms with Gasteiger partial charge in [-0.3, -0.25) is 9.59 Å². The molecule has 0 fully saturated rings. The summed E-state index contributed by atoms with van der Waals surface area (Å²) in [7, 11) is 2.82. The third kappa shape index (κ3) is 4.83. The molecule has 0 aromatic carbocycles. The molecule has 0 saturated heterocycles. The molecule has 6 nitrogen and oxygen atoms in total. The summed E-state index contributed by atoms with van der Waals surface area (Å²) in [5.74, 6) is 0.382. The minimum Gasteiger partial charge on any atom is -0.488 e. The first-order valence-electron chi connectivity index (χ1n) is 7.78. The van der Waals surface area contributed by atoms with Gasteiger partial charge in [0.05, 0.1) is 41.8 Å². The van der Waals surface area contributed by atoms with Crippen LogP contribution >= 0.6 is 22.9 Å². The van der Waals surface area contributed by atoms with Crippen molar-refractivity contribution >= 4 is 44.9 Å². The molecule has 0 aliphatic carbocycles. The Kier molecular flexibility index (Phi) is 7.01. The second-order valence-electron chi connectivity index (χ2n) is 5.43. The Morgan fingerprint density at radius 1 is 1.32 bits per heavy atom. The summed E-state index contributed by atoms with van der Waals surface area (Å²) in [5.41, 5.74) is 0.653. The van der Waals surface area contributed by atoms with E-state index in [-0.39, 0.29) is 12.2 Å². The number of thiophene rings is 1. The van der Waals surface area contributed by atoms with Gasteiger partial charge >= 0.3 is 5.97 Å². The molecule has 0 bridgehead atoms. The molecule has 136 valence electrons. The van der Waals surface area contributed by atoms with E-state index in [1.165, 1.54) is 25.6 Å². The van der Waals surface area contributed by atoms with Gasteiger partial charge in [0.2, 0.25) is 0 Å². The number of nitrogens with zero attached hydrogens (tertiary/aromatic N) is 1. The maximum absolute atomic E-state index is 12.4. The topological polar surface area (TPSA) is 74.7 Å². The highest BCUT2D eigenvalue weighted by atomic mass is 35.5. The lowest BCUT2D eigenvalue weighted by Crippen LogP contribution is -2.16. The molecule has 0 spiro atoms. The van der Waals surface area contributed by atoms with E-state index >= 15 is 0 Å². The van der Waals surface area contributed by atoms with Crippen molar-refractivity contribution in [1.29, 1.82) is 0 Å². The Hall–Kier alpha value is -1.86. The fourth-order valence-electron chi connectivity index (χ4n) is 2.22. The molecular formula is C17H20ClNO5S. The van der Waals surface area contributed by atoms with Crippen LogP contribution in [0.1, 0.15) is 29.4 Å². The van der Waals surface area contributed by atoms with Crippen LogP contribution < -0.4 is 9.47 Å². The highest BCUT2D eigenvalue weighted by molar-refractivity contribution is 7.20. The summed E-state index contributed by atoms with van der Waals surface area (Å²) >= 11 is 6.97. The fraction of sp³-hybridized carbons (Fsp3) is 0.471. The SMILES string of the molecule is COC(=O)C(C)CC(=O)c1cc2nc(OC)c(OCCCCl)cc2s1.